The fraction of sp³-hybridized carbons (Fsp3) is 0.657. The summed E-state index contributed by atoms with van der Waals surface area (Å²) < 4.78 is 0. The van der Waals surface area contributed by atoms with Gasteiger partial charge < -0.3 is 0 Å². The van der Waals surface area contributed by atoms with Crippen LogP contribution in [0.15, 0.2) is 60.7 Å². The smallest absolute Gasteiger partial charge is 0.0265 e. The molecule has 4 saturated carbocycles. The molecule has 0 aromatic heterocycles. The van der Waals surface area contributed by atoms with Gasteiger partial charge in [-0.3, -0.25) is 4.90 Å². The third kappa shape index (κ3) is 3.37. The Hall–Kier alpha value is -1.60. The maximum Gasteiger partial charge on any atom is 0.0265 e. The van der Waals surface area contributed by atoms with Crippen LogP contribution in [0.1, 0.15) is 88.7 Å². The molecule has 36 heavy (non-hydrogen) atoms. The topological polar surface area (TPSA) is 3.24 Å². The number of benzene rings is 2. The van der Waals surface area contributed by atoms with Crippen LogP contribution in [-0.4, -0.2) is 24.0 Å². The van der Waals surface area contributed by atoms with E-state index in [0.29, 0.717) is 0 Å². The van der Waals surface area contributed by atoms with Gasteiger partial charge >= 0.3 is 0 Å². The summed E-state index contributed by atoms with van der Waals surface area (Å²) in [5.41, 5.74) is 3.45. The lowest BCUT2D eigenvalue weighted by molar-refractivity contribution is 0.0543. The highest BCUT2D eigenvalue weighted by Crippen LogP contribution is 2.68. The predicted octanol–water partition coefficient (Wildman–Crippen LogP) is 8.33. The molecule has 1 aliphatic heterocycles. The molecule has 1 saturated heterocycles. The molecular formula is C35H47N. The molecule has 1 heteroatoms. The van der Waals surface area contributed by atoms with Gasteiger partial charge in [-0.15, -0.1) is 0 Å². The molecule has 1 heterocycles. The van der Waals surface area contributed by atoms with E-state index in [2.05, 4.69) is 79.5 Å². The van der Waals surface area contributed by atoms with Crippen molar-refractivity contribution in [2.24, 2.45) is 41.4 Å². The van der Waals surface area contributed by atoms with E-state index in [1.807, 2.05) is 0 Å². The zero-order valence-corrected chi connectivity index (χ0v) is 22.7. The van der Waals surface area contributed by atoms with Gasteiger partial charge in [0.2, 0.25) is 0 Å². The maximum atomic E-state index is 2.97. The first-order valence-electron chi connectivity index (χ1n) is 15.5. The fourth-order valence-electron chi connectivity index (χ4n) is 11.2. The summed E-state index contributed by atoms with van der Waals surface area (Å²) in [5.74, 6) is 6.01. The van der Waals surface area contributed by atoms with Crippen LogP contribution in [-0.2, 0) is 5.41 Å². The molecule has 8 atom stereocenters. The molecule has 0 N–H and O–H groups in total. The molecule has 8 unspecified atom stereocenters. The summed E-state index contributed by atoms with van der Waals surface area (Å²) in [5, 5.41) is 0. The second-order valence-corrected chi connectivity index (χ2v) is 13.6. The summed E-state index contributed by atoms with van der Waals surface area (Å²) in [6.45, 7) is 2.55. The van der Waals surface area contributed by atoms with Crippen LogP contribution >= 0.6 is 0 Å². The van der Waals surface area contributed by atoms with Crippen LogP contribution in [0.25, 0.3) is 0 Å². The lowest BCUT2D eigenvalue weighted by Crippen LogP contribution is -2.49. The van der Waals surface area contributed by atoms with Gasteiger partial charge in [-0.1, -0.05) is 93.3 Å². The van der Waals surface area contributed by atoms with E-state index in [-0.39, 0.29) is 5.41 Å². The Morgan fingerprint density at radius 2 is 1.25 bits per heavy atom. The van der Waals surface area contributed by atoms with Crippen LogP contribution in [0, 0.1) is 41.4 Å². The van der Waals surface area contributed by atoms with Crippen molar-refractivity contribution >= 4 is 0 Å². The normalized spacial score (nSPS) is 39.1. The van der Waals surface area contributed by atoms with Gasteiger partial charge in [0, 0.05) is 17.5 Å². The Balaban J connectivity index is 1.48. The molecule has 5 fully saturated rings. The molecule has 7 rings (SSSR count). The molecule has 1 nitrogen and oxygen atoms in total. The molecule has 0 amide bonds. The van der Waals surface area contributed by atoms with Gasteiger partial charge in [0.15, 0.2) is 0 Å². The Morgan fingerprint density at radius 1 is 0.667 bits per heavy atom. The summed E-state index contributed by atoms with van der Waals surface area (Å²) in [6, 6.07) is 25.7. The number of nitrogens with zero attached hydrogens (tertiary/aromatic N) is 1. The quantitative estimate of drug-likeness (QED) is 0.424. The molecular weight excluding hydrogens is 434 g/mol. The van der Waals surface area contributed by atoms with Crippen LogP contribution in [0.2, 0.25) is 0 Å². The minimum absolute atomic E-state index is 0.162. The molecule has 2 aromatic rings. The molecule has 192 valence electrons. The van der Waals surface area contributed by atoms with Crippen molar-refractivity contribution in [1.82, 2.24) is 4.90 Å². The van der Waals surface area contributed by atoms with Crippen LogP contribution in [0.4, 0.5) is 0 Å². The van der Waals surface area contributed by atoms with E-state index < -0.39 is 0 Å². The minimum atomic E-state index is 0.162. The van der Waals surface area contributed by atoms with E-state index in [9.17, 15) is 0 Å². The van der Waals surface area contributed by atoms with Crippen LogP contribution in [0.5, 0.6) is 0 Å². The second kappa shape index (κ2) is 9.30. The first kappa shape index (κ1) is 23.5. The van der Waals surface area contributed by atoms with Crippen molar-refractivity contribution in [3.63, 3.8) is 0 Å². The average molecular weight is 482 g/mol. The molecule has 5 aliphatic rings. The van der Waals surface area contributed by atoms with Crippen molar-refractivity contribution in [3.05, 3.63) is 71.8 Å². The van der Waals surface area contributed by atoms with E-state index in [1.54, 1.807) is 11.1 Å². The van der Waals surface area contributed by atoms with E-state index >= 15 is 0 Å². The van der Waals surface area contributed by atoms with Gasteiger partial charge in [0.1, 0.15) is 0 Å². The average Bonchev–Trinajstić information content (AvgIpc) is 3.64. The van der Waals surface area contributed by atoms with Crippen molar-refractivity contribution in [3.8, 4) is 0 Å². The largest absolute Gasteiger partial charge is 0.300 e. The van der Waals surface area contributed by atoms with E-state index in [4.69, 9.17) is 0 Å². The SMILES string of the molecule is CC1CCC2C(C1)C1C(C3CCCCC3C1C(c1ccccc1)(c1ccccc1)C1CCCC1)N2C. The zero-order chi connectivity index (χ0) is 24.3. The van der Waals surface area contributed by atoms with Gasteiger partial charge in [0.05, 0.1) is 0 Å². The minimum Gasteiger partial charge on any atom is -0.300 e. The standard InChI is InChI=1S/C35H47N/c1-24-21-22-31-30(23-24)32-33(28-19-11-12-20-29(28)34(32)36(31)2)35(27-17-9-10-18-27,25-13-5-3-6-14-25)26-15-7-4-8-16-26/h3-8,13-16,24,27-34H,9-12,17-23H2,1-2H3. The fourth-order valence-corrected chi connectivity index (χ4v) is 11.2. The number of rotatable bonds is 4. The highest BCUT2D eigenvalue weighted by Gasteiger charge is 2.67. The van der Waals surface area contributed by atoms with E-state index in [0.717, 1.165) is 53.5 Å². The predicted molar refractivity (Wildman–Crippen MR) is 150 cm³/mol. The van der Waals surface area contributed by atoms with Crippen molar-refractivity contribution in [1.29, 1.82) is 0 Å². The lowest BCUT2D eigenvalue weighted by Gasteiger charge is -2.52. The summed E-state index contributed by atoms with van der Waals surface area (Å²) in [7, 11) is 2.55. The third-order valence-corrected chi connectivity index (χ3v) is 12.2. The van der Waals surface area contributed by atoms with Crippen molar-refractivity contribution in [2.75, 3.05) is 7.05 Å². The molecule has 0 radical (unpaired) electrons. The Bertz CT molecular complexity index is 984. The van der Waals surface area contributed by atoms with Crippen LogP contribution < -0.4 is 0 Å². The first-order chi connectivity index (χ1) is 17.7. The molecule has 0 bridgehead atoms. The molecule has 2 aromatic carbocycles. The van der Waals surface area contributed by atoms with Gasteiger partial charge in [0.25, 0.3) is 0 Å². The lowest BCUT2D eigenvalue weighted by atomic mass is 9.51. The highest BCUT2D eigenvalue weighted by atomic mass is 15.2. The first-order valence-corrected chi connectivity index (χ1v) is 15.5. The maximum absolute atomic E-state index is 2.97. The highest BCUT2D eigenvalue weighted by molar-refractivity contribution is 5.44. The third-order valence-electron chi connectivity index (χ3n) is 12.2. The van der Waals surface area contributed by atoms with Crippen molar-refractivity contribution < 1.29 is 0 Å². The Morgan fingerprint density at radius 3 is 1.89 bits per heavy atom. The number of hydrogen-bond donors (Lipinski definition) is 0. The Kier molecular flexibility index (Phi) is 6.07. The second-order valence-electron chi connectivity index (χ2n) is 13.6. The molecule has 4 aliphatic carbocycles. The zero-order valence-electron chi connectivity index (χ0n) is 22.7. The Labute approximate surface area is 220 Å². The summed E-state index contributed by atoms with van der Waals surface area (Å²) in [6.07, 6.45) is 15.9. The van der Waals surface area contributed by atoms with Crippen molar-refractivity contribution in [2.45, 2.75) is 95.1 Å². The number of hydrogen-bond acceptors (Lipinski definition) is 1. The van der Waals surface area contributed by atoms with E-state index in [1.165, 1.54) is 70.6 Å². The van der Waals surface area contributed by atoms with Gasteiger partial charge in [-0.25, -0.2) is 0 Å². The number of likely N-dealkylation sites (tertiary alicyclic amines) is 1. The molecule has 0 spiro atoms. The van der Waals surface area contributed by atoms with Gasteiger partial charge in [-0.05, 0) is 105 Å². The monoisotopic (exact) mass is 481 g/mol. The number of fused-ring (bicyclic) bond motifs is 5. The summed E-state index contributed by atoms with van der Waals surface area (Å²) in [4.78, 5) is 2.97. The van der Waals surface area contributed by atoms with Crippen LogP contribution in [0.3, 0.4) is 0 Å². The summed E-state index contributed by atoms with van der Waals surface area (Å²) >= 11 is 0. The van der Waals surface area contributed by atoms with Gasteiger partial charge in [-0.2, -0.15) is 0 Å².